The van der Waals surface area contributed by atoms with E-state index >= 15 is 0 Å². The van der Waals surface area contributed by atoms with Crippen LogP contribution in [-0.2, 0) is 9.53 Å². The van der Waals surface area contributed by atoms with Gasteiger partial charge < -0.3 is 15.6 Å². The molecule has 0 saturated carbocycles. The highest BCUT2D eigenvalue weighted by Crippen LogP contribution is 2.08. The van der Waals surface area contributed by atoms with E-state index in [-0.39, 0.29) is 6.10 Å². The van der Waals surface area contributed by atoms with Crippen molar-refractivity contribution in [3.63, 3.8) is 0 Å². The monoisotopic (exact) mass is 203 g/mol. The Hall–Kier alpha value is -0.610. The zero-order chi connectivity index (χ0) is 11.3. The zero-order valence-corrected chi connectivity index (χ0v) is 9.36. The lowest BCUT2D eigenvalue weighted by atomic mass is 10.1. The molecule has 0 bridgehead atoms. The molecule has 1 unspecified atom stereocenters. The molecule has 0 fully saturated rings. The van der Waals surface area contributed by atoms with Gasteiger partial charge in [0.1, 0.15) is 6.04 Å². The Morgan fingerprint density at radius 3 is 2.21 bits per heavy atom. The summed E-state index contributed by atoms with van der Waals surface area (Å²) in [5, 5.41) is 9.06. The van der Waals surface area contributed by atoms with Crippen molar-refractivity contribution in [3.8, 4) is 0 Å². The fraction of sp³-hybridized carbons (Fsp3) is 0.900. The molecule has 0 aromatic heterocycles. The smallest absolute Gasteiger partial charge is 0.325 e. The van der Waals surface area contributed by atoms with Crippen molar-refractivity contribution in [3.05, 3.63) is 0 Å². The minimum Gasteiger partial charge on any atom is -0.461 e. The lowest BCUT2D eigenvalue weighted by molar-refractivity contribution is -0.152. The average molecular weight is 203 g/mol. The quantitative estimate of drug-likeness (QED) is 0.644. The number of rotatable bonds is 5. The van der Waals surface area contributed by atoms with Crippen molar-refractivity contribution < 1.29 is 14.6 Å². The van der Waals surface area contributed by atoms with Crippen molar-refractivity contribution in [1.29, 1.82) is 0 Å². The molecule has 0 rings (SSSR count). The van der Waals surface area contributed by atoms with Crippen LogP contribution in [0.3, 0.4) is 0 Å². The Morgan fingerprint density at radius 1 is 1.36 bits per heavy atom. The van der Waals surface area contributed by atoms with Gasteiger partial charge >= 0.3 is 5.97 Å². The molecule has 0 aliphatic rings. The van der Waals surface area contributed by atoms with Gasteiger partial charge in [0.25, 0.3) is 0 Å². The number of carbonyl (C=O) groups is 1. The third kappa shape index (κ3) is 5.19. The number of hydrogen-bond acceptors (Lipinski definition) is 4. The first-order chi connectivity index (χ1) is 6.34. The zero-order valence-electron chi connectivity index (χ0n) is 9.36. The van der Waals surface area contributed by atoms with Crippen molar-refractivity contribution in [2.24, 2.45) is 11.7 Å². The summed E-state index contributed by atoms with van der Waals surface area (Å²) in [6.45, 7) is 7.41. The molecule has 0 aliphatic carbocycles. The largest absolute Gasteiger partial charge is 0.461 e. The van der Waals surface area contributed by atoms with E-state index in [1.54, 1.807) is 0 Å². The van der Waals surface area contributed by atoms with E-state index < -0.39 is 18.1 Å². The van der Waals surface area contributed by atoms with E-state index in [0.29, 0.717) is 5.92 Å². The van der Waals surface area contributed by atoms with E-state index in [4.69, 9.17) is 15.6 Å². The van der Waals surface area contributed by atoms with E-state index in [1.807, 2.05) is 6.92 Å². The lowest BCUT2D eigenvalue weighted by Crippen LogP contribution is -2.42. The second kappa shape index (κ2) is 5.98. The molecule has 3 atom stereocenters. The highest BCUT2D eigenvalue weighted by atomic mass is 16.5. The van der Waals surface area contributed by atoms with Crippen LogP contribution in [0.1, 0.15) is 34.1 Å². The maximum atomic E-state index is 11.3. The maximum Gasteiger partial charge on any atom is 0.325 e. The second-order valence-electron chi connectivity index (χ2n) is 4.14. The van der Waals surface area contributed by atoms with Gasteiger partial charge in [0.2, 0.25) is 0 Å². The number of carbonyl (C=O) groups excluding carboxylic acids is 1. The van der Waals surface area contributed by atoms with Crippen molar-refractivity contribution >= 4 is 5.97 Å². The Kier molecular flexibility index (Phi) is 5.72. The van der Waals surface area contributed by atoms with Crippen LogP contribution in [0.2, 0.25) is 0 Å². The molecule has 14 heavy (non-hydrogen) atoms. The topological polar surface area (TPSA) is 72.5 Å². The maximum absolute atomic E-state index is 11.3. The van der Waals surface area contributed by atoms with Crippen molar-refractivity contribution in [2.45, 2.75) is 52.4 Å². The Labute approximate surface area is 85.4 Å². The predicted octanol–water partition coefficient (Wildman–Crippen LogP) is 0.672. The van der Waals surface area contributed by atoms with E-state index in [2.05, 4.69) is 13.8 Å². The number of aliphatic hydroxyl groups is 1. The molecule has 0 amide bonds. The van der Waals surface area contributed by atoms with E-state index in [9.17, 15) is 4.79 Å². The number of ether oxygens (including phenoxy) is 1. The normalized spacial score (nSPS) is 17.6. The first kappa shape index (κ1) is 13.4. The molecule has 4 nitrogen and oxygen atoms in total. The SMILES string of the molecule is CC(C)CC(C)OC(=O)[C@@H](N)[C@@H](C)O. The summed E-state index contributed by atoms with van der Waals surface area (Å²) in [4.78, 5) is 11.3. The first-order valence-electron chi connectivity index (χ1n) is 4.98. The van der Waals surface area contributed by atoms with Crippen LogP contribution in [0.5, 0.6) is 0 Å². The van der Waals surface area contributed by atoms with Gasteiger partial charge in [0.05, 0.1) is 12.2 Å². The molecule has 0 aliphatic heterocycles. The third-order valence-electron chi connectivity index (χ3n) is 1.91. The summed E-state index contributed by atoms with van der Waals surface area (Å²) in [6, 6.07) is -0.940. The summed E-state index contributed by atoms with van der Waals surface area (Å²) >= 11 is 0. The van der Waals surface area contributed by atoms with Crippen LogP contribution in [-0.4, -0.2) is 29.3 Å². The molecule has 0 spiro atoms. The van der Waals surface area contributed by atoms with Crippen LogP contribution >= 0.6 is 0 Å². The Balaban J connectivity index is 3.93. The number of hydrogen-bond donors (Lipinski definition) is 2. The second-order valence-corrected chi connectivity index (χ2v) is 4.14. The predicted molar refractivity (Wildman–Crippen MR) is 54.7 cm³/mol. The van der Waals surface area contributed by atoms with Crippen LogP contribution in [0.4, 0.5) is 0 Å². The van der Waals surface area contributed by atoms with Crippen LogP contribution in [0, 0.1) is 5.92 Å². The number of esters is 1. The van der Waals surface area contributed by atoms with E-state index in [1.165, 1.54) is 6.92 Å². The van der Waals surface area contributed by atoms with Crippen molar-refractivity contribution in [2.75, 3.05) is 0 Å². The molecule has 0 heterocycles. The lowest BCUT2D eigenvalue weighted by Gasteiger charge is -2.19. The summed E-state index contributed by atoms with van der Waals surface area (Å²) in [5.41, 5.74) is 5.41. The Morgan fingerprint density at radius 2 is 1.86 bits per heavy atom. The summed E-state index contributed by atoms with van der Waals surface area (Å²) in [5.74, 6) is -0.0614. The molecule has 0 aromatic carbocycles. The fourth-order valence-corrected chi connectivity index (χ4v) is 1.19. The van der Waals surface area contributed by atoms with E-state index in [0.717, 1.165) is 6.42 Å². The fourth-order valence-electron chi connectivity index (χ4n) is 1.19. The number of aliphatic hydroxyl groups excluding tert-OH is 1. The summed E-state index contributed by atoms with van der Waals surface area (Å²) in [7, 11) is 0. The van der Waals surface area contributed by atoms with Gasteiger partial charge in [-0.15, -0.1) is 0 Å². The number of nitrogens with two attached hydrogens (primary N) is 1. The summed E-state index contributed by atoms with van der Waals surface area (Å²) < 4.78 is 5.06. The van der Waals surface area contributed by atoms with Gasteiger partial charge in [-0.2, -0.15) is 0 Å². The molecule has 84 valence electrons. The Bertz CT molecular complexity index is 180. The average Bonchev–Trinajstić information content (AvgIpc) is 2.00. The van der Waals surface area contributed by atoms with Gasteiger partial charge in [-0.05, 0) is 26.2 Å². The van der Waals surface area contributed by atoms with Gasteiger partial charge in [-0.1, -0.05) is 13.8 Å². The molecule has 0 radical (unpaired) electrons. The molecular weight excluding hydrogens is 182 g/mol. The van der Waals surface area contributed by atoms with Gasteiger partial charge in [-0.25, -0.2) is 0 Å². The van der Waals surface area contributed by atoms with Gasteiger partial charge in [0, 0.05) is 0 Å². The molecule has 3 N–H and O–H groups in total. The first-order valence-corrected chi connectivity index (χ1v) is 4.98. The molecule has 0 aromatic rings. The molecular formula is C10H21NO3. The minimum absolute atomic E-state index is 0.146. The molecule has 0 saturated heterocycles. The minimum atomic E-state index is -0.940. The van der Waals surface area contributed by atoms with Crippen molar-refractivity contribution in [1.82, 2.24) is 0 Å². The van der Waals surface area contributed by atoms with Crippen LogP contribution in [0.25, 0.3) is 0 Å². The highest BCUT2D eigenvalue weighted by molar-refractivity contribution is 5.76. The molecule has 4 heteroatoms. The van der Waals surface area contributed by atoms with Gasteiger partial charge in [0.15, 0.2) is 0 Å². The van der Waals surface area contributed by atoms with Gasteiger partial charge in [-0.3, -0.25) is 4.79 Å². The summed E-state index contributed by atoms with van der Waals surface area (Å²) in [6.07, 6.45) is -0.209. The van der Waals surface area contributed by atoms with Crippen LogP contribution in [0.15, 0.2) is 0 Å². The van der Waals surface area contributed by atoms with Crippen LogP contribution < -0.4 is 5.73 Å². The highest BCUT2D eigenvalue weighted by Gasteiger charge is 2.22. The standard InChI is InChI=1S/C10H21NO3/c1-6(2)5-7(3)14-10(13)9(11)8(4)12/h6-9,12H,5,11H2,1-4H3/t7?,8-,9+/m1/s1. The third-order valence-corrected chi connectivity index (χ3v) is 1.91.